The number of nitrogens with zero attached hydrogens (tertiary/aromatic N) is 1. The van der Waals surface area contributed by atoms with Gasteiger partial charge < -0.3 is 33.2 Å². The van der Waals surface area contributed by atoms with Crippen molar-refractivity contribution in [1.82, 2.24) is 0 Å². The number of esters is 1. The van der Waals surface area contributed by atoms with E-state index in [4.69, 9.17) is 0 Å². The number of ether oxygens (including phenoxy) is 1. The summed E-state index contributed by atoms with van der Waals surface area (Å²) in [6, 6.07) is -0.0926. The molecule has 0 aromatic carbocycles. The lowest BCUT2D eigenvalue weighted by Gasteiger charge is -2.29. The first-order valence-electron chi connectivity index (χ1n) is 3.28. The highest BCUT2D eigenvalue weighted by Gasteiger charge is 2.26. The van der Waals surface area contributed by atoms with Gasteiger partial charge in [0, 0.05) is 0 Å². The summed E-state index contributed by atoms with van der Waals surface area (Å²) in [4.78, 5) is 10.9. The Labute approximate surface area is 85.3 Å². The lowest BCUT2D eigenvalue weighted by molar-refractivity contribution is -0.885. The van der Waals surface area contributed by atoms with Gasteiger partial charge >= 0.3 is 5.97 Å². The summed E-state index contributed by atoms with van der Waals surface area (Å²) in [6.45, 7) is 1.85. The molecule has 4 heteroatoms. The van der Waals surface area contributed by atoms with Crippen LogP contribution in [0.25, 0.3) is 0 Å². The molecule has 0 amide bonds. The number of quaternary nitrogens is 1. The van der Waals surface area contributed by atoms with Crippen molar-refractivity contribution in [2.45, 2.75) is 13.0 Å². The Morgan fingerprint density at radius 2 is 1.73 bits per heavy atom. The van der Waals surface area contributed by atoms with Crippen LogP contribution in [0.3, 0.4) is 0 Å². The summed E-state index contributed by atoms with van der Waals surface area (Å²) in [5, 5.41) is 0. The van der Waals surface area contributed by atoms with Gasteiger partial charge in [0.25, 0.3) is 0 Å². The van der Waals surface area contributed by atoms with Gasteiger partial charge in [-0.2, -0.15) is 0 Å². The van der Waals surface area contributed by atoms with Crippen LogP contribution in [-0.2, 0) is 9.53 Å². The van der Waals surface area contributed by atoms with Gasteiger partial charge in [-0.05, 0) is 6.92 Å². The van der Waals surface area contributed by atoms with Gasteiger partial charge in [0.05, 0.1) is 28.3 Å². The maximum absolute atomic E-state index is 10.9. The molecule has 0 rings (SSSR count). The smallest absolute Gasteiger partial charge is 0.364 e. The van der Waals surface area contributed by atoms with Crippen LogP contribution in [0.5, 0.6) is 0 Å². The van der Waals surface area contributed by atoms with Gasteiger partial charge in [-0.1, -0.05) is 0 Å². The third-order valence-corrected chi connectivity index (χ3v) is 1.70. The zero-order valence-electron chi connectivity index (χ0n) is 7.72. The summed E-state index contributed by atoms with van der Waals surface area (Å²) in [5.41, 5.74) is 0. The molecule has 0 saturated carbocycles. The lowest BCUT2D eigenvalue weighted by atomic mass is 10.3. The molecule has 0 bridgehead atoms. The molecule has 0 fully saturated rings. The number of carbonyl (C=O) groups is 1. The van der Waals surface area contributed by atoms with Gasteiger partial charge in [0.15, 0.2) is 6.04 Å². The van der Waals surface area contributed by atoms with E-state index in [-0.39, 0.29) is 36.0 Å². The molecular weight excluding hydrogens is 257 g/mol. The highest BCUT2D eigenvalue weighted by atomic mass is 127. The highest BCUT2D eigenvalue weighted by molar-refractivity contribution is 5.73. The third kappa shape index (κ3) is 4.58. The van der Waals surface area contributed by atoms with Crippen molar-refractivity contribution in [3.05, 3.63) is 0 Å². The average molecular weight is 273 g/mol. The quantitative estimate of drug-likeness (QED) is 0.310. The Morgan fingerprint density at radius 3 is 1.82 bits per heavy atom. The second kappa shape index (κ2) is 4.92. The summed E-state index contributed by atoms with van der Waals surface area (Å²) in [7, 11) is 7.29. The van der Waals surface area contributed by atoms with Gasteiger partial charge in [0.1, 0.15) is 0 Å². The van der Waals surface area contributed by atoms with Crippen LogP contribution in [0.2, 0.25) is 0 Å². The van der Waals surface area contributed by atoms with E-state index < -0.39 is 0 Å². The third-order valence-electron chi connectivity index (χ3n) is 1.70. The van der Waals surface area contributed by atoms with Gasteiger partial charge in [0.2, 0.25) is 0 Å². The molecule has 0 saturated heterocycles. The molecule has 11 heavy (non-hydrogen) atoms. The zero-order chi connectivity index (χ0) is 8.36. The van der Waals surface area contributed by atoms with Crippen molar-refractivity contribution in [2.75, 3.05) is 28.3 Å². The van der Waals surface area contributed by atoms with Crippen LogP contribution in [-0.4, -0.2) is 44.7 Å². The lowest BCUT2D eigenvalue weighted by Crippen LogP contribution is -3.00. The second-order valence-corrected chi connectivity index (χ2v) is 3.32. The fourth-order valence-corrected chi connectivity index (χ4v) is 0.487. The summed E-state index contributed by atoms with van der Waals surface area (Å²) in [5.74, 6) is -0.160. The van der Waals surface area contributed by atoms with Crippen molar-refractivity contribution in [3.8, 4) is 0 Å². The number of halogens is 1. The molecule has 0 spiro atoms. The predicted octanol–water partition coefficient (Wildman–Crippen LogP) is -2.74. The van der Waals surface area contributed by atoms with Crippen molar-refractivity contribution in [3.63, 3.8) is 0 Å². The minimum Gasteiger partial charge on any atom is -1.00 e. The van der Waals surface area contributed by atoms with Gasteiger partial charge in [-0.15, -0.1) is 0 Å². The van der Waals surface area contributed by atoms with Crippen molar-refractivity contribution in [2.24, 2.45) is 0 Å². The monoisotopic (exact) mass is 273 g/mol. The van der Waals surface area contributed by atoms with Crippen LogP contribution >= 0.6 is 0 Å². The van der Waals surface area contributed by atoms with E-state index in [1.165, 1.54) is 7.11 Å². The maximum Gasteiger partial charge on any atom is 0.364 e. The van der Waals surface area contributed by atoms with Crippen LogP contribution in [0, 0.1) is 0 Å². The standard InChI is InChI=1S/C7H16NO2.HI/c1-6(7(9)10-5)8(2,3)4;/h6H,1-5H3;1H/q+1;/p-1. The second-order valence-electron chi connectivity index (χ2n) is 3.32. The molecular formula is C7H16INO2. The molecule has 1 unspecified atom stereocenters. The Hall–Kier alpha value is 0.160. The van der Waals surface area contributed by atoms with Crippen LogP contribution in [0.1, 0.15) is 6.92 Å². The molecule has 1 atom stereocenters. The van der Waals surface area contributed by atoms with Crippen LogP contribution in [0.4, 0.5) is 0 Å². The molecule has 0 aromatic rings. The van der Waals surface area contributed by atoms with E-state index in [1.807, 2.05) is 28.1 Å². The SMILES string of the molecule is COC(=O)C(C)[N+](C)(C)C.[I-]. The Bertz CT molecular complexity index is 131. The number of hydrogen-bond acceptors (Lipinski definition) is 2. The molecule has 0 aromatic heterocycles. The fourth-order valence-electron chi connectivity index (χ4n) is 0.487. The Kier molecular flexibility index (Phi) is 6.14. The van der Waals surface area contributed by atoms with Gasteiger partial charge in [-0.25, -0.2) is 4.79 Å². The largest absolute Gasteiger partial charge is 1.00 e. The molecule has 0 radical (unpaired) electrons. The van der Waals surface area contributed by atoms with Crippen molar-refractivity contribution < 1.29 is 38.0 Å². The molecule has 68 valence electrons. The van der Waals surface area contributed by atoms with E-state index in [9.17, 15) is 4.79 Å². The van der Waals surface area contributed by atoms with Gasteiger partial charge in [-0.3, -0.25) is 0 Å². The normalized spacial score (nSPS) is 13.2. The number of rotatable bonds is 2. The minimum atomic E-state index is -0.160. The van der Waals surface area contributed by atoms with E-state index in [0.717, 1.165) is 0 Å². The highest BCUT2D eigenvalue weighted by Crippen LogP contribution is 2.02. The van der Waals surface area contributed by atoms with Crippen LogP contribution in [0.15, 0.2) is 0 Å². The molecule has 0 aliphatic heterocycles. The summed E-state index contributed by atoms with van der Waals surface area (Å²) >= 11 is 0. The maximum atomic E-state index is 10.9. The molecule has 0 aliphatic rings. The molecule has 0 N–H and O–H groups in total. The van der Waals surface area contributed by atoms with E-state index in [1.54, 1.807) is 0 Å². The van der Waals surface area contributed by atoms with Crippen LogP contribution < -0.4 is 24.0 Å². The Morgan fingerprint density at radius 1 is 1.36 bits per heavy atom. The Balaban J connectivity index is 0. The molecule has 0 heterocycles. The first-order valence-corrected chi connectivity index (χ1v) is 3.28. The van der Waals surface area contributed by atoms with Crippen molar-refractivity contribution >= 4 is 5.97 Å². The fraction of sp³-hybridized carbons (Fsp3) is 0.857. The molecule has 0 aliphatic carbocycles. The van der Waals surface area contributed by atoms with Crippen molar-refractivity contribution in [1.29, 1.82) is 0 Å². The average Bonchev–Trinajstić information content (AvgIpc) is 1.83. The molecule has 3 nitrogen and oxygen atoms in total. The summed E-state index contributed by atoms with van der Waals surface area (Å²) < 4.78 is 5.19. The number of carbonyl (C=O) groups excluding carboxylic acids is 1. The van der Waals surface area contributed by atoms with E-state index in [2.05, 4.69) is 4.74 Å². The first-order chi connectivity index (χ1) is 4.39. The topological polar surface area (TPSA) is 26.3 Å². The minimum absolute atomic E-state index is 0. The van der Waals surface area contributed by atoms with E-state index >= 15 is 0 Å². The number of hydrogen-bond donors (Lipinski definition) is 0. The summed E-state index contributed by atoms with van der Waals surface area (Å²) in [6.07, 6.45) is 0. The number of likely N-dealkylation sites (N-methyl/N-ethyl adjacent to an activating group) is 1. The predicted molar refractivity (Wildman–Crippen MR) is 39.5 cm³/mol. The van der Waals surface area contributed by atoms with E-state index in [0.29, 0.717) is 4.48 Å². The zero-order valence-corrected chi connectivity index (χ0v) is 9.88. The first kappa shape index (κ1) is 13.7. The number of methoxy groups -OCH3 is 1.